The molecule has 8 nitrogen and oxygen atoms in total. The number of nitrogens with one attached hydrogen (secondary N) is 2. The number of hydrogen-bond acceptors (Lipinski definition) is 8. The molecule has 2 aliphatic heterocycles. The molecule has 0 saturated heterocycles. The number of amides is 1. The molecular weight excluding hydrogens is 502 g/mol. The minimum absolute atomic E-state index is 0.0443. The van der Waals surface area contributed by atoms with E-state index in [-0.39, 0.29) is 29.7 Å². The van der Waals surface area contributed by atoms with E-state index in [9.17, 15) is 14.9 Å². The number of carbonyl (C=O) groups excluding carboxylic acids is 2. The fourth-order valence-corrected chi connectivity index (χ4v) is 5.95. The number of thioether (sulfide) groups is 1. The molecule has 2 heterocycles. The van der Waals surface area contributed by atoms with Gasteiger partial charge in [-0.1, -0.05) is 43.8 Å². The van der Waals surface area contributed by atoms with Crippen molar-refractivity contribution < 1.29 is 23.8 Å². The monoisotopic (exact) mass is 531 g/mol. The summed E-state index contributed by atoms with van der Waals surface area (Å²) >= 11 is 1.28. The molecule has 0 bridgehead atoms. The summed E-state index contributed by atoms with van der Waals surface area (Å²) in [5.74, 6) is 1.56. The van der Waals surface area contributed by atoms with E-state index in [1.54, 1.807) is 7.11 Å². The highest BCUT2D eigenvalue weighted by Crippen LogP contribution is 2.48. The van der Waals surface area contributed by atoms with E-state index in [2.05, 4.69) is 30.6 Å². The summed E-state index contributed by atoms with van der Waals surface area (Å²) in [6, 6.07) is 15.3. The van der Waals surface area contributed by atoms with Crippen molar-refractivity contribution in [2.45, 2.75) is 39.2 Å². The lowest BCUT2D eigenvalue weighted by Crippen LogP contribution is -2.37. The van der Waals surface area contributed by atoms with Crippen molar-refractivity contribution in [1.29, 1.82) is 5.26 Å². The second-order valence-corrected chi connectivity index (χ2v) is 11.3. The number of nitrogens with zero attached hydrogens (tertiary/aromatic N) is 1. The summed E-state index contributed by atoms with van der Waals surface area (Å²) in [4.78, 5) is 26.1. The molecule has 0 fully saturated rings. The topological polar surface area (TPSA) is 110 Å². The Balaban J connectivity index is 1.36. The van der Waals surface area contributed by atoms with Crippen LogP contribution in [0.2, 0.25) is 0 Å². The van der Waals surface area contributed by atoms with Crippen molar-refractivity contribution >= 4 is 23.5 Å². The number of methoxy groups -OCH3 is 1. The van der Waals surface area contributed by atoms with E-state index in [0.717, 1.165) is 16.8 Å². The SMILES string of the molecule is COc1ccc([C@@H]2C(C#N)=C(SCC(=O)NCc3ccc4c(c3)OCO4)NC3=C2C(=O)CC(C)(C)C3)cc1. The normalized spacial score (nSPS) is 19.4. The molecule has 0 unspecified atom stereocenters. The quantitative estimate of drug-likeness (QED) is 0.536. The van der Waals surface area contributed by atoms with Crippen LogP contribution in [-0.4, -0.2) is 31.3 Å². The molecule has 0 radical (unpaired) electrons. The second-order valence-electron chi connectivity index (χ2n) is 10.3. The predicted octanol–water partition coefficient (Wildman–Crippen LogP) is 4.54. The molecule has 196 valence electrons. The van der Waals surface area contributed by atoms with Gasteiger partial charge in [-0.05, 0) is 47.2 Å². The van der Waals surface area contributed by atoms with Gasteiger partial charge in [0, 0.05) is 24.2 Å². The van der Waals surface area contributed by atoms with Crippen LogP contribution >= 0.6 is 11.8 Å². The van der Waals surface area contributed by atoms with Gasteiger partial charge in [0.15, 0.2) is 17.3 Å². The maximum absolute atomic E-state index is 13.3. The molecular formula is C29H29N3O5S. The standard InChI is InChI=1S/C29H29N3O5S/c1-29(2)11-21-27(22(33)12-29)26(18-5-7-19(35-3)8-6-18)20(13-30)28(32-21)38-15-25(34)31-14-17-4-9-23-24(10-17)37-16-36-23/h4-10,26,32H,11-12,14-16H2,1-3H3,(H,31,34)/t26-/m1/s1. The molecule has 0 saturated carbocycles. The zero-order chi connectivity index (χ0) is 26.9. The molecule has 38 heavy (non-hydrogen) atoms. The molecule has 0 spiro atoms. The van der Waals surface area contributed by atoms with Gasteiger partial charge in [-0.2, -0.15) is 5.26 Å². The molecule has 3 aliphatic rings. The zero-order valence-electron chi connectivity index (χ0n) is 21.6. The van der Waals surface area contributed by atoms with Gasteiger partial charge in [0.1, 0.15) is 5.75 Å². The summed E-state index contributed by atoms with van der Waals surface area (Å²) < 4.78 is 16.0. The average Bonchev–Trinajstić information content (AvgIpc) is 3.37. The van der Waals surface area contributed by atoms with Gasteiger partial charge < -0.3 is 24.8 Å². The highest BCUT2D eigenvalue weighted by atomic mass is 32.2. The number of ketones is 1. The minimum atomic E-state index is -0.495. The van der Waals surface area contributed by atoms with Gasteiger partial charge in [-0.15, -0.1) is 0 Å². The maximum Gasteiger partial charge on any atom is 0.231 e. The van der Waals surface area contributed by atoms with Gasteiger partial charge in [0.05, 0.1) is 35.5 Å². The summed E-state index contributed by atoms with van der Waals surface area (Å²) in [5.41, 5.74) is 3.45. The van der Waals surface area contributed by atoms with E-state index in [0.29, 0.717) is 52.8 Å². The largest absolute Gasteiger partial charge is 0.497 e. The lowest BCUT2D eigenvalue weighted by Gasteiger charge is -2.39. The number of rotatable bonds is 7. The maximum atomic E-state index is 13.3. The minimum Gasteiger partial charge on any atom is -0.497 e. The second kappa shape index (κ2) is 10.5. The van der Waals surface area contributed by atoms with Crippen molar-refractivity contribution in [3.8, 4) is 23.3 Å². The number of fused-ring (bicyclic) bond motifs is 1. The van der Waals surface area contributed by atoms with Gasteiger partial charge in [-0.25, -0.2) is 0 Å². The van der Waals surface area contributed by atoms with E-state index in [4.69, 9.17) is 14.2 Å². The highest BCUT2D eigenvalue weighted by molar-refractivity contribution is 8.03. The molecule has 1 atom stereocenters. The number of allylic oxidation sites excluding steroid dienone is 3. The third-order valence-electron chi connectivity index (χ3n) is 6.85. The molecule has 2 N–H and O–H groups in total. The number of ether oxygens (including phenoxy) is 3. The lowest BCUT2D eigenvalue weighted by atomic mass is 9.69. The number of benzene rings is 2. The van der Waals surface area contributed by atoms with Crippen LogP contribution in [-0.2, 0) is 16.1 Å². The Bertz CT molecular complexity index is 1390. The van der Waals surface area contributed by atoms with Crippen LogP contribution in [0.25, 0.3) is 0 Å². The third kappa shape index (κ3) is 5.22. The predicted molar refractivity (Wildman–Crippen MR) is 143 cm³/mol. The number of Topliss-reactive ketones (excluding diaryl/α,β-unsaturated/α-hetero) is 1. The summed E-state index contributed by atoms with van der Waals surface area (Å²) in [5, 5.41) is 17.1. The number of hydrogen-bond donors (Lipinski definition) is 2. The van der Waals surface area contributed by atoms with Crippen molar-refractivity contribution in [2.75, 3.05) is 19.7 Å². The fraction of sp³-hybridized carbons (Fsp3) is 0.345. The molecule has 0 aromatic heterocycles. The first-order valence-electron chi connectivity index (χ1n) is 12.4. The van der Waals surface area contributed by atoms with Crippen LogP contribution in [0.3, 0.4) is 0 Å². The Hall–Kier alpha value is -3.90. The molecule has 1 aliphatic carbocycles. The smallest absolute Gasteiger partial charge is 0.231 e. The third-order valence-corrected chi connectivity index (χ3v) is 7.87. The Morgan fingerprint density at radius 1 is 1.18 bits per heavy atom. The van der Waals surface area contributed by atoms with Crippen LogP contribution in [0.4, 0.5) is 0 Å². The van der Waals surface area contributed by atoms with Gasteiger partial charge in [0.2, 0.25) is 12.7 Å². The van der Waals surface area contributed by atoms with Gasteiger partial charge >= 0.3 is 0 Å². The van der Waals surface area contributed by atoms with Crippen LogP contribution in [0.1, 0.15) is 43.7 Å². The van der Waals surface area contributed by atoms with E-state index in [1.807, 2.05) is 42.5 Å². The lowest BCUT2D eigenvalue weighted by molar-refractivity contribution is -0.119. The van der Waals surface area contributed by atoms with Crippen LogP contribution in [0.15, 0.2) is 64.3 Å². The molecule has 2 aromatic carbocycles. The van der Waals surface area contributed by atoms with Gasteiger partial charge in [0.25, 0.3) is 0 Å². The number of carbonyl (C=O) groups is 2. The first kappa shape index (κ1) is 25.7. The van der Waals surface area contributed by atoms with E-state index >= 15 is 0 Å². The van der Waals surface area contributed by atoms with E-state index < -0.39 is 5.92 Å². The van der Waals surface area contributed by atoms with Crippen LogP contribution < -0.4 is 24.8 Å². The Morgan fingerprint density at radius 2 is 1.95 bits per heavy atom. The van der Waals surface area contributed by atoms with Crippen molar-refractivity contribution in [3.63, 3.8) is 0 Å². The molecule has 5 rings (SSSR count). The number of nitriles is 1. The Kier molecular flexibility index (Phi) is 7.09. The molecule has 1 amide bonds. The van der Waals surface area contributed by atoms with E-state index in [1.165, 1.54) is 11.8 Å². The van der Waals surface area contributed by atoms with Crippen molar-refractivity contribution in [2.24, 2.45) is 5.41 Å². The Morgan fingerprint density at radius 3 is 2.68 bits per heavy atom. The zero-order valence-corrected chi connectivity index (χ0v) is 22.4. The first-order valence-corrected chi connectivity index (χ1v) is 13.4. The summed E-state index contributed by atoms with van der Waals surface area (Å²) in [6.07, 6.45) is 1.10. The van der Waals surface area contributed by atoms with Crippen molar-refractivity contribution in [1.82, 2.24) is 10.6 Å². The highest BCUT2D eigenvalue weighted by Gasteiger charge is 2.42. The fourth-order valence-electron chi connectivity index (χ4n) is 5.06. The summed E-state index contributed by atoms with van der Waals surface area (Å²) in [7, 11) is 1.60. The van der Waals surface area contributed by atoms with Gasteiger partial charge in [-0.3, -0.25) is 9.59 Å². The molecule has 2 aromatic rings. The van der Waals surface area contributed by atoms with Crippen LogP contribution in [0.5, 0.6) is 17.2 Å². The summed E-state index contributed by atoms with van der Waals surface area (Å²) in [6.45, 7) is 4.68. The average molecular weight is 532 g/mol. The van der Waals surface area contributed by atoms with Crippen LogP contribution in [0, 0.1) is 16.7 Å². The Labute approximate surface area is 226 Å². The first-order chi connectivity index (χ1) is 18.3. The number of dihydropyridines is 1. The molecule has 9 heteroatoms. The van der Waals surface area contributed by atoms with Crippen molar-refractivity contribution in [3.05, 3.63) is 75.5 Å².